The van der Waals surface area contributed by atoms with Crippen molar-refractivity contribution in [3.63, 3.8) is 0 Å². The van der Waals surface area contributed by atoms with Crippen molar-refractivity contribution in [1.29, 1.82) is 0 Å². The molecule has 1 fully saturated rings. The predicted octanol–water partition coefficient (Wildman–Crippen LogP) is 4.45. The van der Waals surface area contributed by atoms with Crippen molar-refractivity contribution in [2.75, 3.05) is 44.2 Å². The minimum absolute atomic E-state index is 0.0948. The van der Waals surface area contributed by atoms with Gasteiger partial charge >= 0.3 is 6.18 Å². The monoisotopic (exact) mass is 485 g/mol. The summed E-state index contributed by atoms with van der Waals surface area (Å²) >= 11 is 0. The van der Waals surface area contributed by atoms with E-state index < -0.39 is 11.7 Å². The first kappa shape index (κ1) is 24.8. The summed E-state index contributed by atoms with van der Waals surface area (Å²) in [6.07, 6.45) is -0.0392. The second kappa shape index (κ2) is 10.5. The number of benzene rings is 1. The molecule has 4 rings (SSSR count). The summed E-state index contributed by atoms with van der Waals surface area (Å²) in [7, 11) is 0. The zero-order valence-corrected chi connectivity index (χ0v) is 20.0. The lowest BCUT2D eigenvalue weighted by atomic mass is 10.1. The number of rotatable bonds is 7. The fourth-order valence-corrected chi connectivity index (χ4v) is 4.58. The lowest BCUT2D eigenvalue weighted by Gasteiger charge is -2.36. The maximum absolute atomic E-state index is 13.0. The van der Waals surface area contributed by atoms with Gasteiger partial charge in [-0.3, -0.25) is 14.7 Å². The molecule has 1 aromatic carbocycles. The van der Waals surface area contributed by atoms with Crippen LogP contribution in [0.15, 0.2) is 54.9 Å². The quantitative estimate of drug-likeness (QED) is 0.503. The van der Waals surface area contributed by atoms with Gasteiger partial charge < -0.3 is 14.8 Å². The Hall–Kier alpha value is -3.33. The predicted molar refractivity (Wildman–Crippen MR) is 130 cm³/mol. The van der Waals surface area contributed by atoms with Crippen molar-refractivity contribution in [3.8, 4) is 5.69 Å². The highest BCUT2D eigenvalue weighted by Crippen LogP contribution is 2.31. The van der Waals surface area contributed by atoms with E-state index in [1.54, 1.807) is 18.5 Å². The van der Waals surface area contributed by atoms with E-state index in [4.69, 9.17) is 0 Å². The fourth-order valence-electron chi connectivity index (χ4n) is 4.58. The number of hydrogen-bond acceptors (Lipinski definition) is 4. The van der Waals surface area contributed by atoms with Gasteiger partial charge in [0.05, 0.1) is 23.0 Å². The van der Waals surface area contributed by atoms with Gasteiger partial charge in [0.2, 0.25) is 0 Å². The largest absolute Gasteiger partial charge is 0.416 e. The molecule has 0 unspecified atom stereocenters. The van der Waals surface area contributed by atoms with Crippen molar-refractivity contribution in [1.82, 2.24) is 19.8 Å². The lowest BCUT2D eigenvalue weighted by Crippen LogP contribution is -2.47. The van der Waals surface area contributed by atoms with Gasteiger partial charge in [-0.15, -0.1) is 0 Å². The molecule has 1 amide bonds. The Labute approximate surface area is 203 Å². The molecule has 0 bridgehead atoms. The average Bonchev–Trinajstić information content (AvgIpc) is 3.16. The Kier molecular flexibility index (Phi) is 7.45. The van der Waals surface area contributed by atoms with E-state index in [1.165, 1.54) is 12.1 Å². The van der Waals surface area contributed by atoms with Gasteiger partial charge in [-0.2, -0.15) is 13.2 Å². The molecule has 35 heavy (non-hydrogen) atoms. The van der Waals surface area contributed by atoms with Crippen LogP contribution in [-0.2, 0) is 6.18 Å². The first-order chi connectivity index (χ1) is 16.7. The number of nitrogens with one attached hydrogen (secondary N) is 1. The standard InChI is InChI=1S/C26H30F3N5O/c1-19-16-24(20(2)34(19)23-8-4-9-30-18-23)25(35)31-10-5-11-32-12-14-33(15-13-32)22-7-3-6-21(17-22)26(27,28)29/h3-4,6-9,16-18H,5,10-15H2,1-2H3,(H,31,35). The second-order valence-electron chi connectivity index (χ2n) is 8.82. The van der Waals surface area contributed by atoms with E-state index in [1.807, 2.05) is 41.5 Å². The Morgan fingerprint density at radius 2 is 1.77 bits per heavy atom. The zero-order chi connectivity index (χ0) is 25.0. The van der Waals surface area contributed by atoms with Crippen molar-refractivity contribution in [2.45, 2.75) is 26.4 Å². The molecular weight excluding hydrogens is 455 g/mol. The first-order valence-corrected chi connectivity index (χ1v) is 11.8. The number of piperazine rings is 1. The number of aryl methyl sites for hydroxylation is 1. The zero-order valence-electron chi connectivity index (χ0n) is 20.0. The number of hydrogen-bond donors (Lipinski definition) is 1. The van der Waals surface area contributed by atoms with Crippen molar-refractivity contribution >= 4 is 11.6 Å². The number of anilines is 1. The van der Waals surface area contributed by atoms with Crippen LogP contribution >= 0.6 is 0 Å². The maximum atomic E-state index is 13.0. The molecule has 2 aromatic heterocycles. The van der Waals surface area contributed by atoms with Gasteiger partial charge in [-0.1, -0.05) is 6.07 Å². The summed E-state index contributed by atoms with van der Waals surface area (Å²) in [4.78, 5) is 21.2. The van der Waals surface area contributed by atoms with Crippen LogP contribution < -0.4 is 10.2 Å². The number of aromatic nitrogens is 2. The normalized spacial score (nSPS) is 14.8. The van der Waals surface area contributed by atoms with Crippen LogP contribution in [0.25, 0.3) is 5.69 Å². The van der Waals surface area contributed by atoms with E-state index in [0.717, 1.165) is 49.2 Å². The lowest BCUT2D eigenvalue weighted by molar-refractivity contribution is -0.137. The molecule has 1 saturated heterocycles. The number of carbonyl (C=O) groups excluding carboxylic acids is 1. The molecule has 9 heteroatoms. The van der Waals surface area contributed by atoms with Gasteiger partial charge in [0.1, 0.15) is 0 Å². The van der Waals surface area contributed by atoms with Gasteiger partial charge in [-0.25, -0.2) is 0 Å². The van der Waals surface area contributed by atoms with Gasteiger partial charge in [0.25, 0.3) is 5.91 Å². The minimum Gasteiger partial charge on any atom is -0.369 e. The summed E-state index contributed by atoms with van der Waals surface area (Å²) in [5.41, 5.74) is 3.41. The van der Waals surface area contributed by atoms with Crippen LogP contribution in [0.1, 0.15) is 33.7 Å². The summed E-state index contributed by atoms with van der Waals surface area (Å²) in [5.74, 6) is -0.0948. The molecule has 186 valence electrons. The average molecular weight is 486 g/mol. The molecule has 3 aromatic rings. The Bertz CT molecular complexity index is 1150. The van der Waals surface area contributed by atoms with E-state index in [2.05, 4.69) is 15.2 Å². The second-order valence-corrected chi connectivity index (χ2v) is 8.82. The maximum Gasteiger partial charge on any atom is 0.416 e. The highest BCUT2D eigenvalue weighted by molar-refractivity contribution is 5.95. The van der Waals surface area contributed by atoms with E-state index in [-0.39, 0.29) is 5.91 Å². The summed E-state index contributed by atoms with van der Waals surface area (Å²) in [6.45, 7) is 8.18. The third-order valence-corrected chi connectivity index (χ3v) is 6.43. The molecule has 3 heterocycles. The summed E-state index contributed by atoms with van der Waals surface area (Å²) in [5, 5.41) is 3.01. The SMILES string of the molecule is Cc1cc(C(=O)NCCCN2CCN(c3cccc(C(F)(F)F)c3)CC2)c(C)n1-c1cccnc1. The molecule has 1 aliphatic rings. The number of amides is 1. The third kappa shape index (κ3) is 5.85. The van der Waals surface area contributed by atoms with Crippen LogP contribution in [0.3, 0.4) is 0 Å². The molecule has 0 aliphatic carbocycles. The molecule has 0 radical (unpaired) electrons. The van der Waals surface area contributed by atoms with Gasteiger partial charge in [0, 0.05) is 56.0 Å². The van der Waals surface area contributed by atoms with Crippen LogP contribution in [0.2, 0.25) is 0 Å². The Morgan fingerprint density at radius 1 is 1.03 bits per heavy atom. The topological polar surface area (TPSA) is 53.4 Å². The molecule has 0 saturated carbocycles. The van der Waals surface area contributed by atoms with Crippen molar-refractivity contribution in [3.05, 3.63) is 77.4 Å². The van der Waals surface area contributed by atoms with Crippen molar-refractivity contribution < 1.29 is 18.0 Å². The molecule has 0 atom stereocenters. The van der Waals surface area contributed by atoms with Crippen LogP contribution in [0, 0.1) is 13.8 Å². The fraction of sp³-hybridized carbons (Fsp3) is 0.385. The molecule has 1 aliphatic heterocycles. The third-order valence-electron chi connectivity index (χ3n) is 6.43. The van der Waals surface area contributed by atoms with Crippen LogP contribution in [-0.4, -0.2) is 59.6 Å². The molecule has 6 nitrogen and oxygen atoms in total. The highest BCUT2D eigenvalue weighted by atomic mass is 19.4. The number of carbonyl (C=O) groups is 1. The number of nitrogens with zero attached hydrogens (tertiary/aromatic N) is 4. The van der Waals surface area contributed by atoms with Gasteiger partial charge in [-0.05, 0) is 63.2 Å². The number of pyridine rings is 1. The van der Waals surface area contributed by atoms with E-state index in [0.29, 0.717) is 30.9 Å². The first-order valence-electron chi connectivity index (χ1n) is 11.8. The Morgan fingerprint density at radius 3 is 2.46 bits per heavy atom. The Balaban J connectivity index is 1.23. The number of alkyl halides is 3. The molecule has 0 spiro atoms. The summed E-state index contributed by atoms with van der Waals surface area (Å²) < 4.78 is 41.0. The van der Waals surface area contributed by atoms with E-state index >= 15 is 0 Å². The van der Waals surface area contributed by atoms with E-state index in [9.17, 15) is 18.0 Å². The minimum atomic E-state index is -4.33. The smallest absolute Gasteiger partial charge is 0.369 e. The van der Waals surface area contributed by atoms with Gasteiger partial charge in [0.15, 0.2) is 0 Å². The van der Waals surface area contributed by atoms with Crippen LogP contribution in [0.4, 0.5) is 18.9 Å². The summed E-state index contributed by atoms with van der Waals surface area (Å²) in [6, 6.07) is 11.2. The van der Waals surface area contributed by atoms with Crippen molar-refractivity contribution in [2.24, 2.45) is 0 Å². The molecular formula is C26H30F3N5O. The highest BCUT2D eigenvalue weighted by Gasteiger charge is 2.31. The number of halogens is 3. The van der Waals surface area contributed by atoms with Crippen LogP contribution in [0.5, 0.6) is 0 Å². The molecule has 1 N–H and O–H groups in total.